The van der Waals surface area contributed by atoms with Crippen molar-refractivity contribution in [1.29, 1.82) is 0 Å². The van der Waals surface area contributed by atoms with Gasteiger partial charge in [-0.25, -0.2) is 4.79 Å². The zero-order chi connectivity index (χ0) is 8.69. The maximum absolute atomic E-state index is 10.6. The fourth-order valence-corrected chi connectivity index (χ4v) is 0.994. The average molecular weight is 221 g/mol. The van der Waals surface area contributed by atoms with Gasteiger partial charge in [0.1, 0.15) is 0 Å². The van der Waals surface area contributed by atoms with Crippen LogP contribution in [0.1, 0.15) is 19.8 Å². The molecule has 0 aromatic heterocycles. The number of halogens is 1. The number of hydrogen-bond donors (Lipinski definition) is 0. The smallest absolute Gasteiger partial charge is 0.330 e. The van der Waals surface area contributed by atoms with Crippen LogP contribution in [-0.4, -0.2) is 17.4 Å². The largest absolute Gasteiger partial charge is 0.460 e. The number of ether oxygens (including phenoxy) is 1. The molecule has 0 fully saturated rings. The van der Waals surface area contributed by atoms with E-state index in [1.54, 1.807) is 0 Å². The number of alkyl halides is 1. The monoisotopic (exact) mass is 220 g/mol. The van der Waals surface area contributed by atoms with Crippen LogP contribution >= 0.6 is 15.9 Å². The van der Waals surface area contributed by atoms with Crippen molar-refractivity contribution in [3.05, 3.63) is 12.7 Å². The summed E-state index contributed by atoms with van der Waals surface area (Å²) in [5.74, 6) is -0.341. The fourth-order valence-electron chi connectivity index (χ4n) is 0.670. The van der Waals surface area contributed by atoms with Crippen molar-refractivity contribution in [2.24, 2.45) is 0 Å². The van der Waals surface area contributed by atoms with Crippen LogP contribution < -0.4 is 0 Å². The number of carbonyl (C=O) groups excluding carboxylic acids is 1. The first kappa shape index (κ1) is 10.7. The van der Waals surface area contributed by atoms with Gasteiger partial charge in [0, 0.05) is 11.4 Å². The third kappa shape index (κ3) is 6.10. The Hall–Kier alpha value is -0.310. The Morgan fingerprint density at radius 2 is 2.45 bits per heavy atom. The second-order valence-electron chi connectivity index (χ2n) is 2.28. The highest BCUT2D eigenvalue weighted by Crippen LogP contribution is 2.03. The topological polar surface area (TPSA) is 26.3 Å². The normalized spacial score (nSPS) is 12.2. The van der Waals surface area contributed by atoms with E-state index in [1.165, 1.54) is 6.08 Å². The summed E-state index contributed by atoms with van der Waals surface area (Å²) in [5, 5.41) is 0.947. The lowest BCUT2D eigenvalue weighted by atomic mass is 10.2. The summed E-state index contributed by atoms with van der Waals surface area (Å²) in [7, 11) is 0. The van der Waals surface area contributed by atoms with Gasteiger partial charge in [0.2, 0.25) is 0 Å². The molecule has 0 N–H and O–H groups in total. The van der Waals surface area contributed by atoms with Crippen LogP contribution in [-0.2, 0) is 9.53 Å². The first-order valence-corrected chi connectivity index (χ1v) is 4.72. The molecule has 0 saturated carbocycles. The van der Waals surface area contributed by atoms with Gasteiger partial charge in [-0.05, 0) is 19.8 Å². The van der Waals surface area contributed by atoms with Crippen LogP contribution in [0.15, 0.2) is 12.7 Å². The lowest BCUT2D eigenvalue weighted by Crippen LogP contribution is -2.12. The predicted molar refractivity (Wildman–Crippen MR) is 48.8 cm³/mol. The Kier molecular flexibility index (Phi) is 6.22. The molecule has 64 valence electrons. The minimum atomic E-state index is -0.341. The van der Waals surface area contributed by atoms with Crippen molar-refractivity contribution in [3.8, 4) is 0 Å². The first-order chi connectivity index (χ1) is 5.20. The first-order valence-electron chi connectivity index (χ1n) is 3.59. The van der Waals surface area contributed by atoms with Crippen LogP contribution in [0.2, 0.25) is 0 Å². The van der Waals surface area contributed by atoms with E-state index < -0.39 is 0 Å². The molecular formula is C8H13BrO2. The molecule has 11 heavy (non-hydrogen) atoms. The molecule has 0 rings (SSSR count). The highest BCUT2D eigenvalue weighted by Gasteiger charge is 2.04. The van der Waals surface area contributed by atoms with E-state index in [0.717, 1.165) is 18.2 Å². The van der Waals surface area contributed by atoms with E-state index in [0.29, 0.717) is 0 Å². The molecule has 1 atom stereocenters. The van der Waals surface area contributed by atoms with Crippen LogP contribution in [0.25, 0.3) is 0 Å². The molecule has 0 aliphatic heterocycles. The molecule has 0 amide bonds. The average Bonchev–Trinajstić information content (AvgIpc) is 2.00. The Bertz CT molecular complexity index is 134. The SMILES string of the molecule is C=CC(=O)OC(C)CCCBr. The second-order valence-corrected chi connectivity index (χ2v) is 3.08. The van der Waals surface area contributed by atoms with Gasteiger partial charge in [-0.2, -0.15) is 0 Å². The van der Waals surface area contributed by atoms with Crippen molar-refractivity contribution in [2.45, 2.75) is 25.9 Å². The summed E-state index contributed by atoms with van der Waals surface area (Å²) in [6, 6.07) is 0. The summed E-state index contributed by atoms with van der Waals surface area (Å²) in [6.07, 6.45) is 3.10. The van der Waals surface area contributed by atoms with Gasteiger partial charge >= 0.3 is 5.97 Å². The lowest BCUT2D eigenvalue weighted by molar-refractivity contribution is -0.142. The van der Waals surface area contributed by atoms with Crippen molar-refractivity contribution in [1.82, 2.24) is 0 Å². The molecular weight excluding hydrogens is 208 g/mol. The van der Waals surface area contributed by atoms with Gasteiger partial charge in [-0.3, -0.25) is 0 Å². The van der Waals surface area contributed by atoms with Crippen LogP contribution in [0.4, 0.5) is 0 Å². The van der Waals surface area contributed by atoms with Crippen molar-refractivity contribution in [3.63, 3.8) is 0 Å². The van der Waals surface area contributed by atoms with E-state index in [2.05, 4.69) is 22.5 Å². The Morgan fingerprint density at radius 3 is 2.91 bits per heavy atom. The zero-order valence-corrected chi connectivity index (χ0v) is 8.26. The number of esters is 1. The summed E-state index contributed by atoms with van der Waals surface area (Å²) in [5.41, 5.74) is 0. The summed E-state index contributed by atoms with van der Waals surface area (Å²) >= 11 is 3.30. The molecule has 0 aliphatic carbocycles. The molecule has 0 aromatic rings. The molecule has 0 saturated heterocycles. The molecule has 0 heterocycles. The molecule has 1 unspecified atom stereocenters. The fraction of sp³-hybridized carbons (Fsp3) is 0.625. The highest BCUT2D eigenvalue weighted by atomic mass is 79.9. The van der Waals surface area contributed by atoms with Gasteiger partial charge in [0.05, 0.1) is 6.10 Å². The predicted octanol–water partition coefficient (Wildman–Crippen LogP) is 2.28. The zero-order valence-electron chi connectivity index (χ0n) is 6.68. The van der Waals surface area contributed by atoms with Crippen LogP contribution in [0, 0.1) is 0 Å². The quantitative estimate of drug-likeness (QED) is 0.404. The van der Waals surface area contributed by atoms with E-state index >= 15 is 0 Å². The highest BCUT2D eigenvalue weighted by molar-refractivity contribution is 9.09. The van der Waals surface area contributed by atoms with Crippen molar-refractivity contribution >= 4 is 21.9 Å². The van der Waals surface area contributed by atoms with E-state index in [-0.39, 0.29) is 12.1 Å². The number of carbonyl (C=O) groups is 1. The molecule has 0 aromatic carbocycles. The summed E-state index contributed by atoms with van der Waals surface area (Å²) in [6.45, 7) is 5.19. The second kappa shape index (κ2) is 6.40. The maximum Gasteiger partial charge on any atom is 0.330 e. The Morgan fingerprint density at radius 1 is 1.82 bits per heavy atom. The Labute approximate surface area is 75.7 Å². The van der Waals surface area contributed by atoms with E-state index in [1.807, 2.05) is 6.92 Å². The lowest BCUT2D eigenvalue weighted by Gasteiger charge is -2.09. The molecule has 0 bridgehead atoms. The van der Waals surface area contributed by atoms with Crippen LogP contribution in [0.3, 0.4) is 0 Å². The Balaban J connectivity index is 3.43. The minimum Gasteiger partial charge on any atom is -0.460 e. The van der Waals surface area contributed by atoms with Gasteiger partial charge in [0.15, 0.2) is 0 Å². The van der Waals surface area contributed by atoms with Crippen LogP contribution in [0.5, 0.6) is 0 Å². The maximum atomic E-state index is 10.6. The van der Waals surface area contributed by atoms with Gasteiger partial charge < -0.3 is 4.74 Å². The molecule has 3 heteroatoms. The number of hydrogen-bond acceptors (Lipinski definition) is 2. The van der Waals surface area contributed by atoms with E-state index in [9.17, 15) is 4.79 Å². The number of rotatable bonds is 5. The summed E-state index contributed by atoms with van der Waals surface area (Å²) < 4.78 is 4.92. The molecule has 0 radical (unpaired) electrons. The molecule has 0 aliphatic rings. The van der Waals surface area contributed by atoms with Gasteiger partial charge in [-0.1, -0.05) is 22.5 Å². The van der Waals surface area contributed by atoms with Crippen molar-refractivity contribution < 1.29 is 9.53 Å². The standard InChI is InChI=1S/C8H13BrO2/c1-3-8(10)11-7(2)5-4-6-9/h3,7H,1,4-6H2,2H3. The minimum absolute atomic E-state index is 0.00181. The summed E-state index contributed by atoms with van der Waals surface area (Å²) in [4.78, 5) is 10.6. The molecule has 2 nitrogen and oxygen atoms in total. The van der Waals surface area contributed by atoms with Gasteiger partial charge in [-0.15, -0.1) is 0 Å². The van der Waals surface area contributed by atoms with Crippen molar-refractivity contribution in [2.75, 3.05) is 5.33 Å². The third-order valence-electron chi connectivity index (χ3n) is 1.23. The third-order valence-corrected chi connectivity index (χ3v) is 1.79. The van der Waals surface area contributed by atoms with E-state index in [4.69, 9.17) is 4.74 Å². The van der Waals surface area contributed by atoms with Gasteiger partial charge in [0.25, 0.3) is 0 Å². The molecule has 0 spiro atoms.